The number of hydrogen-bond donors (Lipinski definition) is 2. The fourth-order valence-electron chi connectivity index (χ4n) is 2.80. The second kappa shape index (κ2) is 8.17. The average Bonchev–Trinajstić information content (AvgIpc) is 3.20. The van der Waals surface area contributed by atoms with Gasteiger partial charge in [-0.1, -0.05) is 18.2 Å². The first-order chi connectivity index (χ1) is 14.8. The Balaban J connectivity index is 1.63. The van der Waals surface area contributed by atoms with E-state index in [4.69, 9.17) is 4.74 Å². The summed E-state index contributed by atoms with van der Waals surface area (Å²) in [4.78, 5) is 4.01. The summed E-state index contributed by atoms with van der Waals surface area (Å²) in [5.74, 6) is 0.383. The molecule has 0 saturated heterocycles. The second-order valence-electron chi connectivity index (χ2n) is 6.39. The molecule has 4 rings (SSSR count). The van der Waals surface area contributed by atoms with Gasteiger partial charge in [0.1, 0.15) is 9.96 Å². The van der Waals surface area contributed by atoms with Crippen LogP contribution >= 0.6 is 11.3 Å². The zero-order valence-electron chi connectivity index (χ0n) is 16.1. The van der Waals surface area contributed by atoms with Crippen molar-refractivity contribution in [3.8, 4) is 5.75 Å². The average molecular weight is 476 g/mol. The van der Waals surface area contributed by atoms with Crippen LogP contribution in [0.25, 0.3) is 10.1 Å². The summed E-state index contributed by atoms with van der Waals surface area (Å²) < 4.78 is 62.0. The molecule has 8 nitrogen and oxygen atoms in total. The predicted octanol–water partition coefficient (Wildman–Crippen LogP) is 3.91. The lowest BCUT2D eigenvalue weighted by atomic mass is 10.3. The fraction of sp³-hybridized carbons (Fsp3) is 0.0500. The van der Waals surface area contributed by atoms with Crippen LogP contribution in [0.3, 0.4) is 0 Å². The Morgan fingerprint density at radius 3 is 2.32 bits per heavy atom. The maximum atomic E-state index is 12.9. The molecule has 0 spiro atoms. The highest BCUT2D eigenvalue weighted by Gasteiger charge is 2.22. The monoisotopic (exact) mass is 475 g/mol. The summed E-state index contributed by atoms with van der Waals surface area (Å²) in [6.45, 7) is 0. The number of hydrogen-bond acceptors (Lipinski definition) is 7. The van der Waals surface area contributed by atoms with Crippen molar-refractivity contribution in [3.05, 3.63) is 72.9 Å². The van der Waals surface area contributed by atoms with E-state index < -0.39 is 20.0 Å². The highest BCUT2D eigenvalue weighted by Crippen LogP contribution is 2.31. The third kappa shape index (κ3) is 4.48. The zero-order chi connectivity index (χ0) is 22.1. The first-order valence-corrected chi connectivity index (χ1v) is 12.7. The number of methoxy groups -OCH3 is 1. The van der Waals surface area contributed by atoms with Crippen molar-refractivity contribution in [2.75, 3.05) is 16.6 Å². The molecule has 0 bridgehead atoms. The van der Waals surface area contributed by atoms with Crippen molar-refractivity contribution in [3.63, 3.8) is 0 Å². The lowest BCUT2D eigenvalue weighted by Gasteiger charge is -2.13. The first-order valence-electron chi connectivity index (χ1n) is 8.92. The van der Waals surface area contributed by atoms with Gasteiger partial charge < -0.3 is 4.74 Å². The maximum absolute atomic E-state index is 12.9. The minimum atomic E-state index is -3.98. The van der Waals surface area contributed by atoms with E-state index >= 15 is 0 Å². The van der Waals surface area contributed by atoms with Crippen LogP contribution in [-0.2, 0) is 20.0 Å². The van der Waals surface area contributed by atoms with E-state index in [9.17, 15) is 16.8 Å². The normalized spacial score (nSPS) is 11.9. The SMILES string of the molecule is COc1ccc(S(=O)(=O)Nc2cccnc2NS(=O)(=O)c2cc3ccccc3s2)cc1. The summed E-state index contributed by atoms with van der Waals surface area (Å²) in [6.07, 6.45) is 1.37. The van der Waals surface area contributed by atoms with Crippen LogP contribution in [0, 0.1) is 0 Å². The van der Waals surface area contributed by atoms with Gasteiger partial charge in [0.05, 0.1) is 17.7 Å². The van der Waals surface area contributed by atoms with Crippen LogP contribution in [0.5, 0.6) is 5.75 Å². The third-order valence-corrected chi connectivity index (χ3v) is 8.63. The number of anilines is 2. The van der Waals surface area contributed by atoms with E-state index in [-0.39, 0.29) is 20.6 Å². The van der Waals surface area contributed by atoms with E-state index in [0.717, 1.165) is 21.4 Å². The van der Waals surface area contributed by atoms with Crippen LogP contribution in [0.4, 0.5) is 11.5 Å². The molecule has 0 unspecified atom stereocenters. The molecule has 2 aromatic heterocycles. The summed E-state index contributed by atoms with van der Waals surface area (Å²) >= 11 is 1.11. The van der Waals surface area contributed by atoms with Gasteiger partial charge in [0.25, 0.3) is 20.0 Å². The topological polar surface area (TPSA) is 114 Å². The first kappa shape index (κ1) is 21.1. The molecule has 2 N–H and O–H groups in total. The molecule has 0 aliphatic rings. The third-order valence-electron chi connectivity index (χ3n) is 4.32. The number of sulfonamides is 2. The number of aromatic nitrogens is 1. The number of ether oxygens (including phenoxy) is 1. The minimum absolute atomic E-state index is 0.00278. The molecule has 0 atom stereocenters. The maximum Gasteiger partial charge on any atom is 0.272 e. The number of nitrogens with one attached hydrogen (secondary N) is 2. The molecule has 2 heterocycles. The Kier molecular flexibility index (Phi) is 5.56. The molecular formula is C20H17N3O5S3. The predicted molar refractivity (Wildman–Crippen MR) is 121 cm³/mol. The molecule has 0 aliphatic carbocycles. The smallest absolute Gasteiger partial charge is 0.272 e. The fourth-order valence-corrected chi connectivity index (χ4v) is 6.29. The summed E-state index contributed by atoms with van der Waals surface area (Å²) in [7, 11) is -6.47. The van der Waals surface area contributed by atoms with Crippen molar-refractivity contribution >= 4 is 53.0 Å². The lowest BCUT2D eigenvalue weighted by Crippen LogP contribution is -2.18. The number of pyridine rings is 1. The highest BCUT2D eigenvalue weighted by molar-refractivity contribution is 7.95. The van der Waals surface area contributed by atoms with Crippen LogP contribution in [0.15, 0.2) is 82.0 Å². The molecule has 0 fully saturated rings. The molecule has 160 valence electrons. The van der Waals surface area contributed by atoms with Crippen LogP contribution in [0.2, 0.25) is 0 Å². The minimum Gasteiger partial charge on any atom is -0.497 e. The van der Waals surface area contributed by atoms with Crippen LogP contribution < -0.4 is 14.2 Å². The molecular weight excluding hydrogens is 458 g/mol. The largest absolute Gasteiger partial charge is 0.497 e. The standard InChI is InChI=1S/C20H17N3O5S3/c1-28-15-8-10-16(11-9-15)30(24,25)22-17-6-4-12-21-20(17)23-31(26,27)19-13-14-5-2-3-7-18(14)29-19/h2-13,22H,1H3,(H,21,23). The van der Waals surface area contributed by atoms with E-state index in [2.05, 4.69) is 14.4 Å². The molecule has 4 aromatic rings. The molecule has 31 heavy (non-hydrogen) atoms. The number of benzene rings is 2. The van der Waals surface area contributed by atoms with Crippen molar-refractivity contribution in [2.45, 2.75) is 9.10 Å². The Labute approximate surface area is 183 Å². The number of thiophene rings is 1. The van der Waals surface area contributed by atoms with Crippen molar-refractivity contribution in [2.24, 2.45) is 0 Å². The van der Waals surface area contributed by atoms with Crippen molar-refractivity contribution < 1.29 is 21.6 Å². The van der Waals surface area contributed by atoms with Gasteiger partial charge in [-0.05, 0) is 53.9 Å². The van der Waals surface area contributed by atoms with Gasteiger partial charge in [0, 0.05) is 10.9 Å². The Morgan fingerprint density at radius 2 is 1.61 bits per heavy atom. The number of fused-ring (bicyclic) bond motifs is 1. The van der Waals surface area contributed by atoms with E-state index in [0.29, 0.717) is 5.75 Å². The molecule has 0 saturated carbocycles. The molecule has 2 aromatic carbocycles. The van der Waals surface area contributed by atoms with Crippen molar-refractivity contribution in [1.82, 2.24) is 4.98 Å². The van der Waals surface area contributed by atoms with Gasteiger partial charge >= 0.3 is 0 Å². The van der Waals surface area contributed by atoms with Gasteiger partial charge in [-0.3, -0.25) is 9.44 Å². The highest BCUT2D eigenvalue weighted by atomic mass is 32.2. The second-order valence-corrected chi connectivity index (χ2v) is 11.1. The van der Waals surface area contributed by atoms with E-state index in [1.165, 1.54) is 49.7 Å². The zero-order valence-corrected chi connectivity index (χ0v) is 18.6. The molecule has 11 heteroatoms. The molecule has 0 radical (unpaired) electrons. The number of rotatable bonds is 7. The Hall–Kier alpha value is -3.15. The quantitative estimate of drug-likeness (QED) is 0.419. The Morgan fingerprint density at radius 1 is 0.871 bits per heavy atom. The Bertz CT molecular complexity index is 1410. The molecule has 0 aliphatic heterocycles. The van der Waals surface area contributed by atoms with Crippen LogP contribution in [0.1, 0.15) is 0 Å². The lowest BCUT2D eigenvalue weighted by molar-refractivity contribution is 0.414. The number of nitrogens with zero attached hydrogens (tertiary/aromatic N) is 1. The summed E-state index contributed by atoms with van der Waals surface area (Å²) in [6, 6.07) is 17.6. The van der Waals surface area contributed by atoms with Gasteiger partial charge in [0.2, 0.25) is 0 Å². The van der Waals surface area contributed by atoms with Crippen molar-refractivity contribution in [1.29, 1.82) is 0 Å². The van der Waals surface area contributed by atoms with E-state index in [1.807, 2.05) is 24.3 Å². The van der Waals surface area contributed by atoms with Gasteiger partial charge in [-0.2, -0.15) is 0 Å². The molecule has 0 amide bonds. The van der Waals surface area contributed by atoms with E-state index in [1.54, 1.807) is 6.07 Å². The van der Waals surface area contributed by atoms with Gasteiger partial charge in [0.15, 0.2) is 5.82 Å². The van der Waals surface area contributed by atoms with Crippen LogP contribution in [-0.4, -0.2) is 28.9 Å². The summed E-state index contributed by atoms with van der Waals surface area (Å²) in [5, 5.41) is 0.800. The van der Waals surface area contributed by atoms with Gasteiger partial charge in [-0.15, -0.1) is 11.3 Å². The van der Waals surface area contributed by atoms with Gasteiger partial charge in [-0.25, -0.2) is 21.8 Å². The summed E-state index contributed by atoms with van der Waals surface area (Å²) in [5.41, 5.74) is 0.00278.